The molecule has 0 fully saturated rings. The van der Waals surface area contributed by atoms with E-state index in [9.17, 15) is 9.59 Å². The summed E-state index contributed by atoms with van der Waals surface area (Å²) in [5.74, 6) is -0.403. The van der Waals surface area contributed by atoms with E-state index in [1.807, 2.05) is 42.5 Å². The second-order valence-corrected chi connectivity index (χ2v) is 6.84. The van der Waals surface area contributed by atoms with Crippen LogP contribution in [0.25, 0.3) is 0 Å². The summed E-state index contributed by atoms with van der Waals surface area (Å²) in [5.41, 5.74) is 2.09. The van der Waals surface area contributed by atoms with Gasteiger partial charge in [0, 0.05) is 23.8 Å². The Bertz CT molecular complexity index is 729. The third-order valence-corrected chi connectivity index (χ3v) is 4.64. The molecule has 0 saturated carbocycles. The van der Waals surface area contributed by atoms with Crippen LogP contribution in [0.2, 0.25) is 0 Å². The smallest absolute Gasteiger partial charge is 0.337 e. The molecule has 0 aliphatic rings. The van der Waals surface area contributed by atoms with Crippen molar-refractivity contribution in [1.82, 2.24) is 5.32 Å². The Morgan fingerprint density at radius 3 is 2.29 bits per heavy atom. The number of ether oxygens (including phenoxy) is 1. The van der Waals surface area contributed by atoms with E-state index in [0.717, 1.165) is 18.5 Å². The maximum absolute atomic E-state index is 12.5. The SMILES string of the molecule is CCCCCCC(CNc1ccc(C(=O)OC)cc1)NC(=O)c1ccccc1. The van der Waals surface area contributed by atoms with Crippen molar-refractivity contribution >= 4 is 17.6 Å². The minimum absolute atomic E-state index is 0.0323. The molecule has 0 saturated heterocycles. The molecule has 150 valence electrons. The first-order valence-corrected chi connectivity index (χ1v) is 9.92. The van der Waals surface area contributed by atoms with E-state index in [1.54, 1.807) is 12.1 Å². The molecule has 0 aromatic heterocycles. The number of hydrogen-bond acceptors (Lipinski definition) is 4. The lowest BCUT2D eigenvalue weighted by atomic mass is 10.1. The van der Waals surface area contributed by atoms with Crippen molar-refractivity contribution in [1.29, 1.82) is 0 Å². The molecule has 28 heavy (non-hydrogen) atoms. The van der Waals surface area contributed by atoms with E-state index in [2.05, 4.69) is 17.6 Å². The van der Waals surface area contributed by atoms with E-state index in [-0.39, 0.29) is 17.9 Å². The van der Waals surface area contributed by atoms with Crippen molar-refractivity contribution in [2.24, 2.45) is 0 Å². The van der Waals surface area contributed by atoms with Crippen LogP contribution in [-0.2, 0) is 4.74 Å². The van der Waals surface area contributed by atoms with Gasteiger partial charge in [0.15, 0.2) is 0 Å². The molecule has 0 radical (unpaired) electrons. The molecule has 1 amide bonds. The maximum Gasteiger partial charge on any atom is 0.337 e. The summed E-state index contributed by atoms with van der Waals surface area (Å²) in [5, 5.41) is 6.50. The summed E-state index contributed by atoms with van der Waals surface area (Å²) in [7, 11) is 1.37. The fourth-order valence-corrected chi connectivity index (χ4v) is 2.98. The third kappa shape index (κ3) is 7.06. The zero-order valence-corrected chi connectivity index (χ0v) is 16.7. The lowest BCUT2D eigenvalue weighted by molar-refractivity contribution is 0.0600. The van der Waals surface area contributed by atoms with Crippen LogP contribution in [0.4, 0.5) is 5.69 Å². The van der Waals surface area contributed by atoms with Crippen LogP contribution in [0.15, 0.2) is 54.6 Å². The van der Waals surface area contributed by atoms with Gasteiger partial charge in [0.2, 0.25) is 0 Å². The van der Waals surface area contributed by atoms with E-state index in [4.69, 9.17) is 4.74 Å². The molecular formula is C23H30N2O3. The van der Waals surface area contributed by atoms with Crippen molar-refractivity contribution in [2.45, 2.75) is 45.1 Å². The van der Waals surface area contributed by atoms with Crippen LogP contribution in [0, 0.1) is 0 Å². The summed E-state index contributed by atoms with van der Waals surface area (Å²) in [4.78, 5) is 24.0. The Morgan fingerprint density at radius 2 is 1.64 bits per heavy atom. The summed E-state index contributed by atoms with van der Waals surface area (Å²) in [6, 6.07) is 16.5. The molecule has 2 N–H and O–H groups in total. The van der Waals surface area contributed by atoms with Gasteiger partial charge in [-0.2, -0.15) is 0 Å². The number of carbonyl (C=O) groups excluding carboxylic acids is 2. The van der Waals surface area contributed by atoms with Gasteiger partial charge in [-0.1, -0.05) is 50.8 Å². The normalized spacial score (nSPS) is 11.5. The summed E-state index contributed by atoms with van der Waals surface area (Å²) >= 11 is 0. The van der Waals surface area contributed by atoms with Gasteiger partial charge >= 0.3 is 5.97 Å². The topological polar surface area (TPSA) is 67.4 Å². The number of nitrogens with one attached hydrogen (secondary N) is 2. The van der Waals surface area contributed by atoms with Crippen LogP contribution in [0.3, 0.4) is 0 Å². The molecule has 0 aliphatic carbocycles. The Balaban J connectivity index is 1.94. The number of amides is 1. The van der Waals surface area contributed by atoms with Crippen LogP contribution >= 0.6 is 0 Å². The molecule has 5 nitrogen and oxygen atoms in total. The molecule has 1 atom stereocenters. The second kappa shape index (κ2) is 11.8. The zero-order valence-electron chi connectivity index (χ0n) is 16.7. The predicted molar refractivity (Wildman–Crippen MR) is 113 cm³/mol. The average molecular weight is 383 g/mol. The molecule has 2 rings (SSSR count). The fraction of sp³-hybridized carbons (Fsp3) is 0.391. The lowest BCUT2D eigenvalue weighted by Crippen LogP contribution is -2.39. The predicted octanol–water partition coefficient (Wildman–Crippen LogP) is 4.65. The van der Waals surface area contributed by atoms with Crippen molar-refractivity contribution in [3.8, 4) is 0 Å². The van der Waals surface area contributed by atoms with Gasteiger partial charge in [-0.3, -0.25) is 4.79 Å². The average Bonchev–Trinajstić information content (AvgIpc) is 2.75. The van der Waals surface area contributed by atoms with Crippen molar-refractivity contribution < 1.29 is 14.3 Å². The van der Waals surface area contributed by atoms with Gasteiger partial charge in [-0.25, -0.2) is 4.79 Å². The number of benzene rings is 2. The van der Waals surface area contributed by atoms with Gasteiger partial charge in [-0.15, -0.1) is 0 Å². The van der Waals surface area contributed by atoms with Crippen molar-refractivity contribution in [2.75, 3.05) is 19.0 Å². The molecule has 0 heterocycles. The minimum atomic E-state index is -0.351. The van der Waals surface area contributed by atoms with Crippen LogP contribution in [-0.4, -0.2) is 31.6 Å². The maximum atomic E-state index is 12.5. The van der Waals surface area contributed by atoms with Gasteiger partial charge < -0.3 is 15.4 Å². The Kier molecular flexibility index (Phi) is 9.05. The number of methoxy groups -OCH3 is 1. The van der Waals surface area contributed by atoms with Gasteiger partial charge in [-0.05, 0) is 42.8 Å². The molecular weight excluding hydrogens is 352 g/mol. The van der Waals surface area contributed by atoms with E-state index >= 15 is 0 Å². The Hall–Kier alpha value is -2.82. The standard InChI is InChI=1S/C23H30N2O3/c1-3-4-5-9-12-21(25-22(26)18-10-7-6-8-11-18)17-24-20-15-13-19(14-16-20)23(27)28-2/h6-8,10-11,13-16,21,24H,3-5,9,12,17H2,1-2H3,(H,25,26). The fourth-order valence-electron chi connectivity index (χ4n) is 2.98. The van der Waals surface area contributed by atoms with E-state index in [0.29, 0.717) is 17.7 Å². The lowest BCUT2D eigenvalue weighted by Gasteiger charge is -2.20. The van der Waals surface area contributed by atoms with Crippen LogP contribution < -0.4 is 10.6 Å². The number of anilines is 1. The summed E-state index contributed by atoms with van der Waals surface area (Å²) < 4.78 is 4.72. The first-order chi connectivity index (χ1) is 13.6. The molecule has 5 heteroatoms. The third-order valence-electron chi connectivity index (χ3n) is 4.64. The molecule has 0 aliphatic heterocycles. The van der Waals surface area contributed by atoms with Gasteiger partial charge in [0.1, 0.15) is 0 Å². The van der Waals surface area contributed by atoms with E-state index in [1.165, 1.54) is 26.4 Å². The van der Waals surface area contributed by atoms with Gasteiger partial charge in [0.05, 0.1) is 12.7 Å². The second-order valence-electron chi connectivity index (χ2n) is 6.84. The summed E-state index contributed by atoms with van der Waals surface area (Å²) in [6.45, 7) is 2.82. The number of rotatable bonds is 11. The highest BCUT2D eigenvalue weighted by molar-refractivity contribution is 5.94. The molecule has 0 bridgehead atoms. The molecule has 1 unspecified atom stereocenters. The first-order valence-electron chi connectivity index (χ1n) is 9.92. The highest BCUT2D eigenvalue weighted by Crippen LogP contribution is 2.12. The van der Waals surface area contributed by atoms with Crippen molar-refractivity contribution in [3.05, 3.63) is 65.7 Å². The zero-order chi connectivity index (χ0) is 20.2. The van der Waals surface area contributed by atoms with Gasteiger partial charge in [0.25, 0.3) is 5.91 Å². The minimum Gasteiger partial charge on any atom is -0.465 e. The van der Waals surface area contributed by atoms with Crippen molar-refractivity contribution in [3.63, 3.8) is 0 Å². The summed E-state index contributed by atoms with van der Waals surface area (Å²) in [6.07, 6.45) is 5.57. The molecule has 2 aromatic carbocycles. The number of carbonyl (C=O) groups is 2. The Labute approximate surface area is 167 Å². The first kappa shape index (κ1) is 21.5. The number of hydrogen-bond donors (Lipinski definition) is 2. The molecule has 2 aromatic rings. The monoisotopic (exact) mass is 382 g/mol. The largest absolute Gasteiger partial charge is 0.465 e. The highest BCUT2D eigenvalue weighted by atomic mass is 16.5. The quantitative estimate of drug-likeness (QED) is 0.438. The highest BCUT2D eigenvalue weighted by Gasteiger charge is 2.14. The number of esters is 1. The van der Waals surface area contributed by atoms with Crippen LogP contribution in [0.1, 0.15) is 59.7 Å². The van der Waals surface area contributed by atoms with Crippen LogP contribution in [0.5, 0.6) is 0 Å². The Morgan fingerprint density at radius 1 is 0.929 bits per heavy atom. The van der Waals surface area contributed by atoms with E-state index < -0.39 is 0 Å². The molecule has 0 spiro atoms. The number of unbranched alkanes of at least 4 members (excludes halogenated alkanes) is 3.